The molecule has 0 aliphatic heterocycles. The topological polar surface area (TPSA) is 24.9 Å². The second-order valence-electron chi connectivity index (χ2n) is 7.42. The fraction of sp³-hybridized carbons (Fsp3) is 0.722. The number of pyridine rings is 1. The van der Waals surface area contributed by atoms with E-state index in [0.717, 1.165) is 12.5 Å². The van der Waals surface area contributed by atoms with E-state index in [1.165, 1.54) is 43.4 Å². The van der Waals surface area contributed by atoms with Gasteiger partial charge in [0.2, 0.25) is 0 Å². The second-order valence-corrected chi connectivity index (χ2v) is 7.42. The SMILES string of the molecule is Cc1cccnc1CNC1CCCC(C(C)(C)C)CC1. The molecule has 1 aromatic heterocycles. The molecule has 0 amide bonds. The van der Waals surface area contributed by atoms with E-state index in [2.05, 4.69) is 44.1 Å². The lowest BCUT2D eigenvalue weighted by atomic mass is 9.76. The van der Waals surface area contributed by atoms with Gasteiger partial charge in [0, 0.05) is 18.8 Å². The summed E-state index contributed by atoms with van der Waals surface area (Å²) in [5.41, 5.74) is 2.96. The highest BCUT2D eigenvalue weighted by Gasteiger charge is 2.27. The number of hydrogen-bond donors (Lipinski definition) is 1. The Hall–Kier alpha value is -0.890. The van der Waals surface area contributed by atoms with Crippen molar-refractivity contribution in [1.82, 2.24) is 10.3 Å². The number of aryl methyl sites for hydroxylation is 1. The Balaban J connectivity index is 1.84. The number of nitrogens with zero attached hydrogens (tertiary/aromatic N) is 1. The van der Waals surface area contributed by atoms with Crippen LogP contribution < -0.4 is 5.32 Å². The Morgan fingerprint density at radius 2 is 2.00 bits per heavy atom. The first-order chi connectivity index (χ1) is 9.47. The second kappa shape index (κ2) is 6.71. The zero-order valence-electron chi connectivity index (χ0n) is 13.6. The predicted molar refractivity (Wildman–Crippen MR) is 85.6 cm³/mol. The molecule has 1 saturated carbocycles. The maximum absolute atomic E-state index is 4.48. The standard InChI is InChI=1S/C18H30N2/c1-14-7-6-12-19-17(14)13-20-16-9-5-8-15(10-11-16)18(2,3)4/h6-7,12,15-16,20H,5,8-11,13H2,1-4H3. The summed E-state index contributed by atoms with van der Waals surface area (Å²) in [6.45, 7) is 10.2. The number of hydrogen-bond acceptors (Lipinski definition) is 2. The van der Waals surface area contributed by atoms with Crippen molar-refractivity contribution in [1.29, 1.82) is 0 Å². The molecule has 0 saturated heterocycles. The van der Waals surface area contributed by atoms with Crippen molar-refractivity contribution in [3.63, 3.8) is 0 Å². The van der Waals surface area contributed by atoms with E-state index in [4.69, 9.17) is 0 Å². The van der Waals surface area contributed by atoms with Crippen molar-refractivity contribution < 1.29 is 0 Å². The molecule has 0 aromatic carbocycles. The quantitative estimate of drug-likeness (QED) is 0.822. The van der Waals surface area contributed by atoms with E-state index >= 15 is 0 Å². The van der Waals surface area contributed by atoms with Crippen LogP contribution in [0.2, 0.25) is 0 Å². The molecule has 2 nitrogen and oxygen atoms in total. The molecule has 2 heteroatoms. The lowest BCUT2D eigenvalue weighted by Gasteiger charge is -2.29. The first kappa shape index (κ1) is 15.5. The summed E-state index contributed by atoms with van der Waals surface area (Å²) >= 11 is 0. The Kier molecular flexibility index (Phi) is 5.20. The van der Waals surface area contributed by atoms with Gasteiger partial charge in [-0.05, 0) is 55.6 Å². The van der Waals surface area contributed by atoms with E-state index in [0.29, 0.717) is 11.5 Å². The first-order valence-corrected chi connectivity index (χ1v) is 8.10. The first-order valence-electron chi connectivity index (χ1n) is 8.10. The van der Waals surface area contributed by atoms with Crippen LogP contribution in [0.15, 0.2) is 18.3 Å². The van der Waals surface area contributed by atoms with Crippen LogP contribution >= 0.6 is 0 Å². The maximum Gasteiger partial charge on any atom is 0.0570 e. The molecule has 20 heavy (non-hydrogen) atoms. The van der Waals surface area contributed by atoms with Crippen LogP contribution in [0.1, 0.15) is 64.1 Å². The monoisotopic (exact) mass is 274 g/mol. The molecule has 1 aromatic rings. The van der Waals surface area contributed by atoms with Crippen LogP contribution in [-0.2, 0) is 6.54 Å². The molecular weight excluding hydrogens is 244 g/mol. The van der Waals surface area contributed by atoms with Gasteiger partial charge in [-0.15, -0.1) is 0 Å². The Morgan fingerprint density at radius 3 is 2.70 bits per heavy atom. The van der Waals surface area contributed by atoms with Gasteiger partial charge in [-0.1, -0.05) is 33.3 Å². The smallest absolute Gasteiger partial charge is 0.0570 e. The predicted octanol–water partition coefficient (Wildman–Crippen LogP) is 4.47. The summed E-state index contributed by atoms with van der Waals surface area (Å²) in [5.74, 6) is 0.880. The van der Waals surface area contributed by atoms with Gasteiger partial charge in [0.1, 0.15) is 0 Å². The number of nitrogens with one attached hydrogen (secondary N) is 1. The lowest BCUT2D eigenvalue weighted by Crippen LogP contribution is -2.29. The Morgan fingerprint density at radius 1 is 1.20 bits per heavy atom. The highest BCUT2D eigenvalue weighted by molar-refractivity contribution is 5.17. The van der Waals surface area contributed by atoms with Crippen molar-refractivity contribution in [3.8, 4) is 0 Å². The minimum Gasteiger partial charge on any atom is -0.308 e. The van der Waals surface area contributed by atoms with Crippen LogP contribution in [-0.4, -0.2) is 11.0 Å². The summed E-state index contributed by atoms with van der Waals surface area (Å²) < 4.78 is 0. The summed E-state index contributed by atoms with van der Waals surface area (Å²) in [6, 6.07) is 4.83. The van der Waals surface area contributed by atoms with E-state index in [-0.39, 0.29) is 0 Å². The van der Waals surface area contributed by atoms with E-state index in [1.54, 1.807) is 0 Å². The third-order valence-corrected chi connectivity index (χ3v) is 4.87. The minimum atomic E-state index is 0.465. The van der Waals surface area contributed by atoms with Crippen LogP contribution in [0, 0.1) is 18.3 Å². The Bertz CT molecular complexity index is 420. The summed E-state index contributed by atoms with van der Waals surface area (Å²) in [4.78, 5) is 4.48. The highest BCUT2D eigenvalue weighted by Crippen LogP contribution is 2.36. The molecule has 2 atom stereocenters. The van der Waals surface area contributed by atoms with Crippen LogP contribution in [0.5, 0.6) is 0 Å². The highest BCUT2D eigenvalue weighted by atomic mass is 14.9. The fourth-order valence-corrected chi connectivity index (χ4v) is 3.32. The average molecular weight is 274 g/mol. The zero-order chi connectivity index (χ0) is 14.6. The molecule has 1 fully saturated rings. The van der Waals surface area contributed by atoms with Crippen LogP contribution in [0.25, 0.3) is 0 Å². The van der Waals surface area contributed by atoms with Crippen LogP contribution in [0.3, 0.4) is 0 Å². The molecule has 0 bridgehead atoms. The zero-order valence-corrected chi connectivity index (χ0v) is 13.6. The van der Waals surface area contributed by atoms with Crippen molar-refractivity contribution in [2.75, 3.05) is 0 Å². The molecule has 0 radical (unpaired) electrons. The maximum atomic E-state index is 4.48. The normalized spacial score (nSPS) is 24.4. The molecule has 1 heterocycles. The third kappa shape index (κ3) is 4.31. The van der Waals surface area contributed by atoms with Gasteiger partial charge < -0.3 is 5.32 Å². The van der Waals surface area contributed by atoms with Gasteiger partial charge in [-0.2, -0.15) is 0 Å². The van der Waals surface area contributed by atoms with Crippen LogP contribution in [0.4, 0.5) is 0 Å². The van der Waals surface area contributed by atoms with Gasteiger partial charge in [0.05, 0.1) is 5.69 Å². The average Bonchev–Trinajstić information content (AvgIpc) is 2.63. The minimum absolute atomic E-state index is 0.465. The third-order valence-electron chi connectivity index (χ3n) is 4.87. The molecule has 1 N–H and O–H groups in total. The van der Waals surface area contributed by atoms with E-state index < -0.39 is 0 Å². The van der Waals surface area contributed by atoms with Crippen molar-refractivity contribution in [3.05, 3.63) is 29.6 Å². The number of rotatable bonds is 3. The molecule has 0 spiro atoms. The van der Waals surface area contributed by atoms with Crippen molar-refractivity contribution in [2.24, 2.45) is 11.3 Å². The molecule has 1 aliphatic carbocycles. The number of aromatic nitrogens is 1. The molecule has 112 valence electrons. The molecular formula is C18H30N2. The summed E-state index contributed by atoms with van der Waals surface area (Å²) in [5, 5.41) is 3.73. The molecule has 2 rings (SSSR count). The van der Waals surface area contributed by atoms with Gasteiger partial charge in [0.25, 0.3) is 0 Å². The van der Waals surface area contributed by atoms with Gasteiger partial charge in [-0.25, -0.2) is 0 Å². The van der Waals surface area contributed by atoms with Gasteiger partial charge in [0.15, 0.2) is 0 Å². The Labute approximate surface area is 124 Å². The van der Waals surface area contributed by atoms with Crippen molar-refractivity contribution >= 4 is 0 Å². The molecule has 1 aliphatic rings. The fourth-order valence-electron chi connectivity index (χ4n) is 3.32. The van der Waals surface area contributed by atoms with E-state index in [1.807, 2.05) is 12.3 Å². The summed E-state index contributed by atoms with van der Waals surface area (Å²) in [7, 11) is 0. The summed E-state index contributed by atoms with van der Waals surface area (Å²) in [6.07, 6.45) is 8.65. The van der Waals surface area contributed by atoms with Gasteiger partial charge >= 0.3 is 0 Å². The van der Waals surface area contributed by atoms with E-state index in [9.17, 15) is 0 Å². The lowest BCUT2D eigenvalue weighted by molar-refractivity contribution is 0.213. The molecule has 2 unspecified atom stereocenters. The van der Waals surface area contributed by atoms with Gasteiger partial charge in [-0.3, -0.25) is 4.98 Å². The van der Waals surface area contributed by atoms with Crippen molar-refractivity contribution in [2.45, 2.75) is 72.4 Å². The largest absolute Gasteiger partial charge is 0.308 e.